The number of carbonyl (C=O) groups is 2. The topological polar surface area (TPSA) is 101 Å². The molecule has 2 aliphatic rings. The molecule has 3 rings (SSSR count). The normalized spacial score (nSPS) is 21.5. The molecule has 8 heteroatoms. The largest absolute Gasteiger partial charge is 0.291 e. The van der Waals surface area contributed by atoms with E-state index >= 15 is 0 Å². The molecule has 2 saturated heterocycles. The smallest absolute Gasteiger partial charge is 0.277 e. The molecular weight excluding hydrogens is 288 g/mol. The molecule has 2 N–H and O–H groups in total. The van der Waals surface area contributed by atoms with Gasteiger partial charge in [0.25, 0.3) is 11.8 Å². The number of hydrogen-bond donors (Lipinski definition) is 2. The average Bonchev–Trinajstić information content (AvgIpc) is 3.12. The van der Waals surface area contributed by atoms with Crippen molar-refractivity contribution in [2.45, 2.75) is 13.1 Å². The molecule has 2 aliphatic heterocycles. The van der Waals surface area contributed by atoms with Crippen LogP contribution in [0.15, 0.2) is 34.3 Å². The van der Waals surface area contributed by atoms with Crippen molar-refractivity contribution in [1.29, 1.82) is 0 Å². The van der Waals surface area contributed by atoms with Gasteiger partial charge < -0.3 is 0 Å². The second kappa shape index (κ2) is 6.46. The Morgan fingerprint density at radius 1 is 0.818 bits per heavy atom. The monoisotopic (exact) mass is 302 g/mol. The van der Waals surface area contributed by atoms with E-state index in [0.717, 1.165) is 11.1 Å². The fourth-order valence-corrected chi connectivity index (χ4v) is 1.95. The molecule has 0 aliphatic carbocycles. The summed E-state index contributed by atoms with van der Waals surface area (Å²) in [6.45, 7) is 1.21. The van der Waals surface area contributed by atoms with E-state index in [-0.39, 0.29) is 25.0 Å². The molecule has 22 heavy (non-hydrogen) atoms. The predicted molar refractivity (Wildman–Crippen MR) is 76.9 cm³/mol. The number of nitrogens with zero attached hydrogens (tertiary/aromatic N) is 2. The molecule has 2 fully saturated rings. The van der Waals surface area contributed by atoms with E-state index in [1.807, 2.05) is 24.3 Å². The van der Waals surface area contributed by atoms with Gasteiger partial charge in [-0.05, 0) is 11.1 Å². The lowest BCUT2D eigenvalue weighted by Gasteiger charge is -2.01. The first-order chi connectivity index (χ1) is 10.7. The lowest BCUT2D eigenvalue weighted by Crippen LogP contribution is -2.18. The highest BCUT2D eigenvalue weighted by Crippen LogP contribution is 2.08. The number of hydroxylamine groups is 2. The first-order valence-corrected chi connectivity index (χ1v) is 6.71. The summed E-state index contributed by atoms with van der Waals surface area (Å²) in [6, 6.07) is 7.66. The van der Waals surface area contributed by atoms with Crippen molar-refractivity contribution in [3.05, 3.63) is 35.4 Å². The second-order valence-electron chi connectivity index (χ2n) is 4.78. The lowest BCUT2D eigenvalue weighted by molar-refractivity contribution is -0.121. The first-order valence-electron chi connectivity index (χ1n) is 6.71. The van der Waals surface area contributed by atoms with E-state index < -0.39 is 0 Å². The van der Waals surface area contributed by atoms with Gasteiger partial charge >= 0.3 is 0 Å². The Morgan fingerprint density at radius 3 is 1.55 bits per heavy atom. The van der Waals surface area contributed by atoms with Gasteiger partial charge in [-0.3, -0.25) is 29.2 Å². The molecule has 0 atom stereocenters. The van der Waals surface area contributed by atoms with E-state index in [1.54, 1.807) is 0 Å². The van der Waals surface area contributed by atoms with Gasteiger partial charge in [-0.15, -0.1) is 0 Å². The molecule has 0 aromatic heterocycles. The van der Waals surface area contributed by atoms with Crippen LogP contribution in [0.25, 0.3) is 0 Å². The number of nitrogens with one attached hydrogen (secondary N) is 2. The summed E-state index contributed by atoms with van der Waals surface area (Å²) in [7, 11) is 0. The van der Waals surface area contributed by atoms with Crippen LogP contribution in [0.1, 0.15) is 11.1 Å². The van der Waals surface area contributed by atoms with Crippen molar-refractivity contribution in [1.82, 2.24) is 11.0 Å². The molecule has 0 unspecified atom stereocenters. The van der Waals surface area contributed by atoms with E-state index in [0.29, 0.717) is 24.5 Å². The Bertz CT molecular complexity index is 594. The number of hydrogen-bond acceptors (Lipinski definition) is 6. The molecule has 1 aromatic rings. The third kappa shape index (κ3) is 3.35. The zero-order chi connectivity index (χ0) is 15.4. The van der Waals surface area contributed by atoms with Gasteiger partial charge in [0.05, 0.1) is 13.1 Å². The van der Waals surface area contributed by atoms with Crippen LogP contribution < -0.4 is 11.0 Å². The van der Waals surface area contributed by atoms with Crippen molar-refractivity contribution in [2.75, 3.05) is 13.2 Å². The van der Waals surface area contributed by atoms with Gasteiger partial charge in [0.1, 0.15) is 24.6 Å². The van der Waals surface area contributed by atoms with Crippen molar-refractivity contribution in [2.24, 2.45) is 9.98 Å². The Hall–Kier alpha value is -2.58. The molecular formula is C14H14N4O4. The quantitative estimate of drug-likeness (QED) is 0.796. The van der Waals surface area contributed by atoms with Crippen LogP contribution in [0, 0.1) is 0 Å². The summed E-state index contributed by atoms with van der Waals surface area (Å²) in [5, 5.41) is 0. The lowest BCUT2D eigenvalue weighted by atomic mass is 10.1. The van der Waals surface area contributed by atoms with Gasteiger partial charge in [-0.2, -0.15) is 0 Å². The number of rotatable bonds is 4. The van der Waals surface area contributed by atoms with Crippen LogP contribution in [0.5, 0.6) is 0 Å². The highest BCUT2D eigenvalue weighted by molar-refractivity contribution is 6.40. The zero-order valence-corrected chi connectivity index (χ0v) is 11.7. The number of carbonyl (C=O) groups excluding carboxylic acids is 2. The van der Waals surface area contributed by atoms with Gasteiger partial charge in [-0.1, -0.05) is 24.3 Å². The van der Waals surface area contributed by atoms with Crippen LogP contribution in [0.4, 0.5) is 0 Å². The summed E-state index contributed by atoms with van der Waals surface area (Å²) >= 11 is 0. The highest BCUT2D eigenvalue weighted by atomic mass is 16.7. The van der Waals surface area contributed by atoms with E-state index in [4.69, 9.17) is 9.68 Å². The minimum Gasteiger partial charge on any atom is -0.277 e. The van der Waals surface area contributed by atoms with E-state index in [9.17, 15) is 9.59 Å². The molecule has 0 radical (unpaired) electrons. The van der Waals surface area contributed by atoms with Crippen LogP contribution in [0.2, 0.25) is 0 Å². The summed E-state index contributed by atoms with van der Waals surface area (Å²) in [4.78, 5) is 40.5. The predicted octanol–water partition coefficient (Wildman–Crippen LogP) is -0.309. The van der Waals surface area contributed by atoms with Gasteiger partial charge in [0.2, 0.25) is 0 Å². The van der Waals surface area contributed by atoms with Crippen molar-refractivity contribution < 1.29 is 19.3 Å². The van der Waals surface area contributed by atoms with E-state index in [1.165, 1.54) is 0 Å². The summed E-state index contributed by atoms with van der Waals surface area (Å²) in [6.07, 6.45) is 0. The first kappa shape index (κ1) is 14.4. The van der Waals surface area contributed by atoms with Gasteiger partial charge in [0, 0.05) is 0 Å². The number of amides is 2. The van der Waals surface area contributed by atoms with E-state index in [2.05, 4.69) is 20.9 Å². The highest BCUT2D eigenvalue weighted by Gasteiger charge is 2.19. The van der Waals surface area contributed by atoms with Crippen molar-refractivity contribution >= 4 is 23.2 Å². The van der Waals surface area contributed by atoms with Gasteiger partial charge in [0.15, 0.2) is 0 Å². The molecule has 8 nitrogen and oxygen atoms in total. The SMILES string of the molecule is O=C1NOCC1=NCc1ccc(CN=C2CONC2=O)cc1. The minimum absolute atomic E-state index is 0.193. The Labute approximate surface area is 126 Å². The third-order valence-corrected chi connectivity index (χ3v) is 3.20. The number of benzene rings is 1. The van der Waals surface area contributed by atoms with Crippen LogP contribution in [-0.2, 0) is 32.4 Å². The molecule has 2 amide bonds. The molecule has 114 valence electrons. The maximum Gasteiger partial charge on any atom is 0.291 e. The minimum atomic E-state index is -0.287. The number of aliphatic imine (C=N–C) groups is 2. The zero-order valence-electron chi connectivity index (χ0n) is 11.7. The maximum atomic E-state index is 11.3. The summed E-state index contributed by atoms with van der Waals surface area (Å²) < 4.78 is 0. The van der Waals surface area contributed by atoms with Crippen LogP contribution in [0.3, 0.4) is 0 Å². The Kier molecular flexibility index (Phi) is 4.22. The Morgan fingerprint density at radius 2 is 1.23 bits per heavy atom. The maximum absolute atomic E-state index is 11.3. The van der Waals surface area contributed by atoms with Crippen molar-refractivity contribution in [3.63, 3.8) is 0 Å². The summed E-state index contributed by atoms with van der Waals surface area (Å²) in [5.74, 6) is -0.575. The molecule has 0 saturated carbocycles. The van der Waals surface area contributed by atoms with Gasteiger partial charge in [-0.25, -0.2) is 11.0 Å². The van der Waals surface area contributed by atoms with Crippen molar-refractivity contribution in [3.8, 4) is 0 Å². The van der Waals surface area contributed by atoms with Crippen LogP contribution in [-0.4, -0.2) is 36.5 Å². The molecule has 0 spiro atoms. The molecule has 0 bridgehead atoms. The average molecular weight is 302 g/mol. The van der Waals surface area contributed by atoms with Crippen LogP contribution >= 0.6 is 0 Å². The standard InChI is InChI=1S/C14H14N4O4/c19-13-11(7-21-17-13)15-5-9-1-2-10(4-3-9)6-16-12-8-22-18-14(12)20/h1-4H,5-8H2,(H,17,19)(H,18,20). The molecule has 1 aromatic carbocycles. The second-order valence-corrected chi connectivity index (χ2v) is 4.78. The molecule has 2 heterocycles. The fraction of sp³-hybridized carbons (Fsp3) is 0.286. The summed E-state index contributed by atoms with van der Waals surface area (Å²) in [5.41, 5.74) is 7.21. The Balaban J connectivity index is 1.58. The third-order valence-electron chi connectivity index (χ3n) is 3.20. The fourth-order valence-electron chi connectivity index (χ4n) is 1.95.